The van der Waals surface area contributed by atoms with E-state index in [1.165, 1.54) is 32.1 Å². The number of hydrogen-bond acceptors (Lipinski definition) is 8. The number of carbonyl (C=O) groups excluding carboxylic acids is 1. The maximum atomic E-state index is 12.2. The zero-order chi connectivity index (χ0) is 21.8. The molecule has 0 aliphatic heterocycles. The van der Waals surface area contributed by atoms with Crippen LogP contribution in [0.1, 0.15) is 56.3 Å². The van der Waals surface area contributed by atoms with Crippen LogP contribution in [0.25, 0.3) is 11.4 Å². The fraction of sp³-hybridized carbons (Fsp3) is 0.682. The van der Waals surface area contributed by atoms with Crippen LogP contribution < -0.4 is 4.74 Å². The zero-order valence-corrected chi connectivity index (χ0v) is 18.7. The Morgan fingerprint density at radius 2 is 2.00 bits per heavy atom. The number of likely N-dealkylation sites (N-methyl/N-ethyl adjacent to an activating group) is 1. The molecule has 0 bridgehead atoms. The second-order valence-corrected chi connectivity index (χ2v) is 8.83. The Morgan fingerprint density at radius 3 is 2.71 bits per heavy atom. The van der Waals surface area contributed by atoms with Gasteiger partial charge in [-0.05, 0) is 58.4 Å². The Labute approximate surface area is 183 Å². The van der Waals surface area contributed by atoms with Gasteiger partial charge in [0.1, 0.15) is 35.5 Å². The maximum Gasteiger partial charge on any atom is 0.320 e. The molecule has 31 heavy (non-hydrogen) atoms. The molecule has 2 aliphatic rings. The van der Waals surface area contributed by atoms with Gasteiger partial charge in [0.25, 0.3) is 0 Å². The van der Waals surface area contributed by atoms with Crippen LogP contribution in [0, 0.1) is 12.8 Å². The SMILES string of the molecule is Cc1nc(-c2nnn(C)c2COC(=O)CN(C)CC2CC2)cnc1OC1CCCCC1. The first-order chi connectivity index (χ1) is 15.0. The molecule has 2 fully saturated rings. The Bertz CT molecular complexity index is 905. The molecule has 0 saturated heterocycles. The van der Waals surface area contributed by atoms with Gasteiger partial charge in [-0.25, -0.2) is 14.6 Å². The van der Waals surface area contributed by atoms with E-state index in [4.69, 9.17) is 9.47 Å². The summed E-state index contributed by atoms with van der Waals surface area (Å²) in [7, 11) is 3.73. The van der Waals surface area contributed by atoms with E-state index in [2.05, 4.69) is 20.3 Å². The van der Waals surface area contributed by atoms with Crippen LogP contribution in [0.2, 0.25) is 0 Å². The number of esters is 1. The summed E-state index contributed by atoms with van der Waals surface area (Å²) in [5.74, 6) is 1.05. The number of aryl methyl sites for hydroxylation is 2. The molecular weight excluding hydrogens is 396 g/mol. The van der Waals surface area contributed by atoms with Crippen molar-refractivity contribution in [3.8, 4) is 17.3 Å². The number of hydrogen-bond donors (Lipinski definition) is 0. The van der Waals surface area contributed by atoms with Crippen molar-refractivity contribution in [1.82, 2.24) is 29.9 Å². The van der Waals surface area contributed by atoms with E-state index < -0.39 is 0 Å². The smallest absolute Gasteiger partial charge is 0.320 e. The average molecular weight is 429 g/mol. The summed E-state index contributed by atoms with van der Waals surface area (Å²) in [5, 5.41) is 8.32. The normalized spacial score (nSPS) is 17.2. The molecule has 0 atom stereocenters. The summed E-state index contributed by atoms with van der Waals surface area (Å²) in [5.41, 5.74) is 2.58. The third-order valence-electron chi connectivity index (χ3n) is 5.95. The first-order valence-electron chi connectivity index (χ1n) is 11.2. The van der Waals surface area contributed by atoms with E-state index in [0.717, 1.165) is 31.0 Å². The van der Waals surface area contributed by atoms with E-state index in [0.29, 0.717) is 23.0 Å². The van der Waals surface area contributed by atoms with Crippen LogP contribution in [-0.2, 0) is 23.2 Å². The van der Waals surface area contributed by atoms with Crippen molar-refractivity contribution < 1.29 is 14.3 Å². The second kappa shape index (κ2) is 9.72. The monoisotopic (exact) mass is 428 g/mol. The fourth-order valence-corrected chi connectivity index (χ4v) is 4.00. The van der Waals surface area contributed by atoms with E-state index in [1.54, 1.807) is 17.9 Å². The highest BCUT2D eigenvalue weighted by atomic mass is 16.5. The highest BCUT2D eigenvalue weighted by Crippen LogP contribution is 2.29. The second-order valence-electron chi connectivity index (χ2n) is 8.83. The van der Waals surface area contributed by atoms with Crippen LogP contribution in [0.4, 0.5) is 0 Å². The van der Waals surface area contributed by atoms with Crippen molar-refractivity contribution in [1.29, 1.82) is 0 Å². The lowest BCUT2D eigenvalue weighted by Crippen LogP contribution is -2.29. The molecule has 0 unspecified atom stereocenters. The van der Waals surface area contributed by atoms with Crippen LogP contribution in [0.15, 0.2) is 6.20 Å². The molecule has 2 aromatic rings. The minimum Gasteiger partial charge on any atom is -0.473 e. The van der Waals surface area contributed by atoms with Crippen LogP contribution in [-0.4, -0.2) is 62.1 Å². The predicted octanol–water partition coefficient (Wildman–Crippen LogP) is 2.68. The van der Waals surface area contributed by atoms with E-state index >= 15 is 0 Å². The summed E-state index contributed by atoms with van der Waals surface area (Å²) in [4.78, 5) is 23.4. The molecule has 2 aromatic heterocycles. The molecule has 4 rings (SSSR count). The van der Waals surface area contributed by atoms with Gasteiger partial charge in [-0.2, -0.15) is 0 Å². The minimum absolute atomic E-state index is 0.0932. The molecule has 168 valence electrons. The summed E-state index contributed by atoms with van der Waals surface area (Å²) < 4.78 is 13.2. The van der Waals surface area contributed by atoms with E-state index in [1.807, 2.05) is 18.9 Å². The Morgan fingerprint density at radius 1 is 1.23 bits per heavy atom. The Hall–Kier alpha value is -2.55. The largest absolute Gasteiger partial charge is 0.473 e. The van der Waals surface area contributed by atoms with Crippen molar-refractivity contribution in [2.24, 2.45) is 13.0 Å². The molecular formula is C22H32N6O3. The van der Waals surface area contributed by atoms with E-state index in [-0.39, 0.29) is 25.2 Å². The maximum absolute atomic E-state index is 12.2. The topological polar surface area (TPSA) is 95.3 Å². The number of rotatable bonds is 9. The first kappa shape index (κ1) is 21.7. The molecule has 0 amide bonds. The predicted molar refractivity (Wildman–Crippen MR) is 114 cm³/mol. The molecule has 0 aromatic carbocycles. The van der Waals surface area contributed by atoms with Gasteiger partial charge in [-0.15, -0.1) is 5.10 Å². The molecule has 2 aliphatic carbocycles. The highest BCUT2D eigenvalue weighted by molar-refractivity contribution is 5.71. The lowest BCUT2D eigenvalue weighted by molar-refractivity contribution is -0.146. The Balaban J connectivity index is 1.39. The summed E-state index contributed by atoms with van der Waals surface area (Å²) in [6, 6.07) is 0. The third kappa shape index (κ3) is 5.78. The van der Waals surface area contributed by atoms with Gasteiger partial charge in [0.05, 0.1) is 12.7 Å². The van der Waals surface area contributed by atoms with Gasteiger partial charge in [0.15, 0.2) is 0 Å². The number of carbonyl (C=O) groups is 1. The molecule has 9 heteroatoms. The fourth-order valence-electron chi connectivity index (χ4n) is 4.00. The summed E-state index contributed by atoms with van der Waals surface area (Å²) in [6.45, 7) is 3.21. The van der Waals surface area contributed by atoms with Crippen LogP contribution in [0.5, 0.6) is 5.88 Å². The third-order valence-corrected chi connectivity index (χ3v) is 5.95. The quantitative estimate of drug-likeness (QED) is 0.563. The molecule has 0 N–H and O–H groups in total. The van der Waals surface area contributed by atoms with Crippen molar-refractivity contribution >= 4 is 5.97 Å². The average Bonchev–Trinajstić information content (AvgIpc) is 3.48. The number of ether oxygens (including phenoxy) is 2. The van der Waals surface area contributed by atoms with Crippen molar-refractivity contribution in [2.45, 2.75) is 64.6 Å². The Kier molecular flexibility index (Phi) is 6.80. The van der Waals surface area contributed by atoms with Crippen LogP contribution in [0.3, 0.4) is 0 Å². The van der Waals surface area contributed by atoms with Gasteiger partial charge >= 0.3 is 5.97 Å². The number of nitrogens with zero attached hydrogens (tertiary/aromatic N) is 6. The lowest BCUT2D eigenvalue weighted by atomic mass is 9.98. The summed E-state index contributed by atoms with van der Waals surface area (Å²) in [6.07, 6.45) is 10.2. The van der Waals surface area contributed by atoms with Crippen molar-refractivity contribution in [2.75, 3.05) is 20.1 Å². The summed E-state index contributed by atoms with van der Waals surface area (Å²) >= 11 is 0. The molecule has 0 spiro atoms. The van der Waals surface area contributed by atoms with Crippen molar-refractivity contribution in [3.63, 3.8) is 0 Å². The van der Waals surface area contributed by atoms with Gasteiger partial charge < -0.3 is 9.47 Å². The van der Waals surface area contributed by atoms with Gasteiger partial charge in [0.2, 0.25) is 5.88 Å². The van der Waals surface area contributed by atoms with Gasteiger partial charge in [0, 0.05) is 13.6 Å². The molecule has 9 nitrogen and oxygen atoms in total. The van der Waals surface area contributed by atoms with Gasteiger partial charge in [-0.3, -0.25) is 9.69 Å². The number of aromatic nitrogens is 5. The molecule has 2 saturated carbocycles. The van der Waals surface area contributed by atoms with E-state index in [9.17, 15) is 4.79 Å². The minimum atomic E-state index is -0.256. The zero-order valence-electron chi connectivity index (χ0n) is 18.7. The lowest BCUT2D eigenvalue weighted by Gasteiger charge is -2.22. The standard InChI is InChI=1S/C22H32N6O3/c1-15-22(31-17-7-5-4-6-8-17)23-11-18(24-15)21-19(28(3)26-25-21)14-30-20(29)13-27(2)12-16-9-10-16/h11,16-17H,4-10,12-14H2,1-3H3. The molecule has 2 heterocycles. The first-order valence-corrected chi connectivity index (χ1v) is 11.2. The highest BCUT2D eigenvalue weighted by Gasteiger charge is 2.24. The molecule has 0 radical (unpaired) electrons. The van der Waals surface area contributed by atoms with Gasteiger partial charge in [-0.1, -0.05) is 11.6 Å². The van der Waals surface area contributed by atoms with Crippen LogP contribution >= 0.6 is 0 Å². The van der Waals surface area contributed by atoms with Crippen molar-refractivity contribution in [3.05, 3.63) is 17.6 Å².